The molecule has 0 spiro atoms. The third-order valence-corrected chi connectivity index (χ3v) is 11.3. The van der Waals surface area contributed by atoms with Crippen molar-refractivity contribution in [1.82, 2.24) is 24.8 Å². The number of terminal acetylenes is 1. The Labute approximate surface area is 315 Å². The van der Waals surface area contributed by atoms with Crippen molar-refractivity contribution < 1.29 is 42.1 Å². The molecule has 1 N–H and O–H groups in total. The maximum Gasteiger partial charge on any atom is 0.413 e. The summed E-state index contributed by atoms with van der Waals surface area (Å²) in [7, 11) is 0. The van der Waals surface area contributed by atoms with E-state index in [2.05, 4.69) is 20.8 Å². The molecule has 4 aliphatic heterocycles. The Morgan fingerprint density at radius 3 is 2.58 bits per heavy atom. The third kappa shape index (κ3) is 6.49. The normalized spacial score (nSPS) is 23.6. The molecule has 6 heterocycles. The van der Waals surface area contributed by atoms with E-state index >= 15 is 4.39 Å². The van der Waals surface area contributed by atoms with Crippen LogP contribution in [0, 0.1) is 29.4 Å². The van der Waals surface area contributed by atoms with E-state index in [-0.39, 0.29) is 63.6 Å². The number of phenols is 1. The van der Waals surface area contributed by atoms with Crippen molar-refractivity contribution in [2.75, 3.05) is 44.5 Å². The zero-order valence-corrected chi connectivity index (χ0v) is 30.8. The molecule has 4 aromatic rings. The second-order valence-electron chi connectivity index (χ2n) is 15.9. The number of hydrogen-bond donors (Lipinski definition) is 1. The number of fused-ring (bicyclic) bond motifs is 5. The molecule has 1 amide bonds. The Morgan fingerprint density at radius 1 is 1.09 bits per heavy atom. The van der Waals surface area contributed by atoms with Gasteiger partial charge < -0.3 is 24.2 Å². The fourth-order valence-electron chi connectivity index (χ4n) is 8.71. The maximum absolute atomic E-state index is 17.0. The number of aromatic nitrogens is 3. The number of rotatable bonds is 7. The summed E-state index contributed by atoms with van der Waals surface area (Å²) in [6, 6.07) is 4.61. The van der Waals surface area contributed by atoms with Crippen LogP contribution in [0.5, 0.6) is 11.8 Å². The number of halogens is 3. The number of pyridine rings is 1. The first-order valence-electron chi connectivity index (χ1n) is 18.4. The molecule has 12 nitrogen and oxygen atoms in total. The van der Waals surface area contributed by atoms with Crippen LogP contribution >= 0.6 is 0 Å². The topological polar surface area (TPSA) is 130 Å². The smallest absolute Gasteiger partial charge is 0.413 e. The monoisotopic (exact) mass is 758 g/mol. The Balaban J connectivity index is 1.16. The second kappa shape index (κ2) is 13.7. The van der Waals surface area contributed by atoms with Crippen LogP contribution in [0.15, 0.2) is 30.5 Å². The number of alkyl halides is 1. The van der Waals surface area contributed by atoms with Gasteiger partial charge in [0.1, 0.15) is 41.4 Å². The number of hydrogen-bond acceptors (Lipinski definition) is 11. The van der Waals surface area contributed by atoms with Gasteiger partial charge in [0.15, 0.2) is 5.82 Å². The van der Waals surface area contributed by atoms with Crippen LogP contribution in [0.3, 0.4) is 0 Å². The Hall–Kier alpha value is -5.36. The second-order valence-corrected chi connectivity index (χ2v) is 15.9. The summed E-state index contributed by atoms with van der Waals surface area (Å²) in [5.41, 5.74) is -1.67. The highest BCUT2D eigenvalue weighted by Gasteiger charge is 2.50. The number of benzene rings is 2. The van der Waals surface area contributed by atoms with Gasteiger partial charge >= 0.3 is 18.1 Å². The van der Waals surface area contributed by atoms with Gasteiger partial charge in [-0.2, -0.15) is 9.97 Å². The zero-order chi connectivity index (χ0) is 38.8. The van der Waals surface area contributed by atoms with Crippen LogP contribution in [0.2, 0.25) is 0 Å². The van der Waals surface area contributed by atoms with Gasteiger partial charge in [-0.25, -0.2) is 18.0 Å². The molecular weight excluding hydrogens is 717 g/mol. The number of carbonyl (C=O) groups is 2. The number of carbonyl (C=O) groups excluding carboxylic acids is 2. The summed E-state index contributed by atoms with van der Waals surface area (Å²) in [4.78, 5) is 44.9. The first kappa shape index (κ1) is 36.6. The molecule has 4 atom stereocenters. The molecule has 2 bridgehead atoms. The number of piperazine rings is 1. The zero-order valence-electron chi connectivity index (χ0n) is 30.8. The minimum absolute atomic E-state index is 0.0725. The van der Waals surface area contributed by atoms with Crippen LogP contribution in [-0.4, -0.2) is 105 Å². The lowest BCUT2D eigenvalue weighted by Gasteiger charge is -2.41. The van der Waals surface area contributed by atoms with Gasteiger partial charge in [-0.1, -0.05) is 12.0 Å². The van der Waals surface area contributed by atoms with E-state index in [9.17, 15) is 23.5 Å². The lowest BCUT2D eigenvalue weighted by atomic mass is 9.95. The minimum atomic E-state index is -0.984. The van der Waals surface area contributed by atoms with Gasteiger partial charge in [0.25, 0.3) is 0 Å². The number of esters is 1. The quantitative estimate of drug-likeness (QED) is 0.133. The van der Waals surface area contributed by atoms with Gasteiger partial charge in [0.2, 0.25) is 6.79 Å². The highest BCUT2D eigenvalue weighted by Crippen LogP contribution is 2.42. The number of nitrogens with zero attached hydrogens (tertiary/aromatic N) is 6. The Morgan fingerprint density at radius 2 is 1.85 bits per heavy atom. The first-order chi connectivity index (χ1) is 26.3. The fourth-order valence-corrected chi connectivity index (χ4v) is 8.71. The molecule has 0 saturated carbocycles. The Kier molecular flexibility index (Phi) is 9.14. The summed E-state index contributed by atoms with van der Waals surface area (Å²) < 4.78 is 63.4. The van der Waals surface area contributed by atoms with Crippen LogP contribution in [0.4, 0.5) is 23.8 Å². The average Bonchev–Trinajstić information content (AvgIpc) is 3.76. The highest BCUT2D eigenvalue weighted by molar-refractivity contribution is 6.03. The van der Waals surface area contributed by atoms with Crippen LogP contribution < -0.4 is 9.64 Å². The lowest BCUT2D eigenvalue weighted by Crippen LogP contribution is -2.56. The molecule has 15 heteroatoms. The molecule has 8 rings (SSSR count). The molecule has 0 radical (unpaired) electrons. The molecular formula is C40H41F3N6O6. The van der Waals surface area contributed by atoms with Crippen LogP contribution in [0.1, 0.15) is 58.4 Å². The molecule has 2 aromatic heterocycles. The summed E-state index contributed by atoms with van der Waals surface area (Å²) in [6.07, 6.45) is 8.83. The summed E-state index contributed by atoms with van der Waals surface area (Å²) in [6.45, 7) is 6.40. The molecule has 288 valence electrons. The number of ether oxygens (including phenoxy) is 3. The van der Waals surface area contributed by atoms with Crippen molar-refractivity contribution in [3.05, 3.63) is 47.7 Å². The largest absolute Gasteiger partial charge is 0.508 e. The summed E-state index contributed by atoms with van der Waals surface area (Å²) in [5.74, 6) is 0.424. The van der Waals surface area contributed by atoms with E-state index in [0.29, 0.717) is 50.1 Å². The van der Waals surface area contributed by atoms with E-state index in [4.69, 9.17) is 25.6 Å². The number of amides is 1. The number of aromatic hydroxyl groups is 1. The minimum Gasteiger partial charge on any atom is -0.508 e. The van der Waals surface area contributed by atoms with Gasteiger partial charge in [0.05, 0.1) is 34.0 Å². The number of phenolic OH excluding ortho intramolecular Hbond substituents is 1. The fraction of sp³-hybridized carbons (Fsp3) is 0.475. The maximum atomic E-state index is 17.0. The van der Waals surface area contributed by atoms with Crippen molar-refractivity contribution in [1.29, 1.82) is 0 Å². The molecule has 4 fully saturated rings. The van der Waals surface area contributed by atoms with E-state index in [1.54, 1.807) is 25.7 Å². The molecule has 0 aliphatic carbocycles. The SMILES string of the molecule is C#Cc1c(F)ccc2cc(O)cc(-c3ncc4c(N5CC6CCC(C5)N6C(=O)OCOC(=O)C(C)(C)C)nc(OCC56CCCN5C[C@H](F)C6)nc4c3F)c12. The Bertz CT molecular complexity index is 2250. The predicted octanol–water partition coefficient (Wildman–Crippen LogP) is 6.10. The van der Waals surface area contributed by atoms with Gasteiger partial charge in [-0.05, 0) is 76.6 Å². The van der Waals surface area contributed by atoms with Crippen molar-refractivity contribution in [2.45, 2.75) is 76.7 Å². The lowest BCUT2D eigenvalue weighted by molar-refractivity contribution is -0.162. The number of anilines is 1. The van der Waals surface area contributed by atoms with Crippen molar-refractivity contribution >= 4 is 39.6 Å². The molecule has 4 saturated heterocycles. The van der Waals surface area contributed by atoms with E-state index in [1.807, 2.05) is 4.90 Å². The van der Waals surface area contributed by atoms with Gasteiger partial charge in [0, 0.05) is 43.2 Å². The summed E-state index contributed by atoms with van der Waals surface area (Å²) >= 11 is 0. The third-order valence-electron chi connectivity index (χ3n) is 11.3. The van der Waals surface area contributed by atoms with Crippen LogP contribution in [-0.2, 0) is 14.3 Å². The van der Waals surface area contributed by atoms with Crippen LogP contribution in [0.25, 0.3) is 32.9 Å². The molecule has 55 heavy (non-hydrogen) atoms. The van der Waals surface area contributed by atoms with Gasteiger partial charge in [-0.3, -0.25) is 19.6 Å². The molecule has 3 unspecified atom stereocenters. The standard InChI is InChI=1S/C40H41F3N6O6/c1-5-27-30(42)10-7-22-13-26(50)14-28(31(22)27)33-32(43)34-29(16-44-33)35(46-37(45-34)53-20-40-11-6-12-48(40)17-23(41)15-40)47-18-24-8-9-25(19-47)49(24)38(52)55-21-54-36(51)39(2,3)4/h1,7,10,13-14,16,23-25,50H,6,8-9,11-12,15,17-21H2,2-4H3/t23-,24?,25?,40?/m1/s1. The van der Waals surface area contributed by atoms with Crippen molar-refractivity contribution in [3.8, 4) is 35.4 Å². The summed E-state index contributed by atoms with van der Waals surface area (Å²) in [5, 5.41) is 11.5. The predicted molar refractivity (Wildman–Crippen MR) is 196 cm³/mol. The van der Waals surface area contributed by atoms with Crippen molar-refractivity contribution in [2.24, 2.45) is 5.41 Å². The molecule has 2 aromatic carbocycles. The highest BCUT2D eigenvalue weighted by atomic mass is 19.1. The van der Waals surface area contributed by atoms with Gasteiger partial charge in [-0.15, -0.1) is 6.42 Å². The first-order valence-corrected chi connectivity index (χ1v) is 18.4. The van der Waals surface area contributed by atoms with E-state index in [0.717, 1.165) is 19.4 Å². The molecule has 4 aliphatic rings. The van der Waals surface area contributed by atoms with Crippen molar-refractivity contribution in [3.63, 3.8) is 0 Å². The van der Waals surface area contributed by atoms with E-state index < -0.39 is 47.6 Å². The average molecular weight is 759 g/mol. The van der Waals surface area contributed by atoms with E-state index in [1.165, 1.54) is 30.5 Å².